The third kappa shape index (κ3) is 2.87. The number of aryl methyl sites for hydroxylation is 1. The molecule has 1 aromatic rings. The van der Waals surface area contributed by atoms with Gasteiger partial charge in [0.05, 0.1) is 11.2 Å². The zero-order valence-electron chi connectivity index (χ0n) is 12.0. The number of hydrogen-bond acceptors (Lipinski definition) is 3. The Labute approximate surface area is 114 Å². The monoisotopic (exact) mass is 263 g/mol. The molecular formula is C14H19BFNO2. The number of hydrogen-bond donors (Lipinski definition) is 0. The number of halogens is 1. The van der Waals surface area contributed by atoms with Gasteiger partial charge in [-0.2, -0.15) is 4.39 Å². The van der Waals surface area contributed by atoms with Gasteiger partial charge in [0.2, 0.25) is 5.95 Å². The van der Waals surface area contributed by atoms with Gasteiger partial charge in [-0.15, -0.1) is 0 Å². The summed E-state index contributed by atoms with van der Waals surface area (Å²) in [4.78, 5) is 3.78. The maximum atomic E-state index is 12.9. The van der Waals surface area contributed by atoms with E-state index in [9.17, 15) is 4.39 Å². The van der Waals surface area contributed by atoms with Crippen molar-refractivity contribution in [2.75, 3.05) is 0 Å². The first-order chi connectivity index (χ1) is 8.71. The summed E-state index contributed by atoms with van der Waals surface area (Å²) in [7, 11) is -0.394. The predicted octanol–water partition coefficient (Wildman–Crippen LogP) is 3.17. The van der Waals surface area contributed by atoms with Gasteiger partial charge in [-0.25, -0.2) is 4.98 Å². The molecule has 0 atom stereocenters. The lowest BCUT2D eigenvalue weighted by Gasteiger charge is -2.32. The maximum absolute atomic E-state index is 12.9. The summed E-state index contributed by atoms with van der Waals surface area (Å²) >= 11 is 0. The summed E-state index contributed by atoms with van der Waals surface area (Å²) in [5.41, 5.74) is 0.805. The van der Waals surface area contributed by atoms with E-state index in [1.54, 1.807) is 13.0 Å². The minimum atomic E-state index is -0.467. The molecule has 0 spiro atoms. The minimum Gasteiger partial charge on any atom is -0.400 e. The average Bonchev–Trinajstić information content (AvgIpc) is 2.46. The lowest BCUT2D eigenvalue weighted by Crippen LogP contribution is -2.41. The Bertz CT molecular complexity index is 498. The zero-order valence-corrected chi connectivity index (χ0v) is 12.0. The summed E-state index contributed by atoms with van der Waals surface area (Å²) in [5, 5.41) is 0. The van der Waals surface area contributed by atoms with E-state index in [1.165, 1.54) is 6.07 Å². The van der Waals surface area contributed by atoms with Gasteiger partial charge in [0.1, 0.15) is 0 Å². The fraction of sp³-hybridized carbons (Fsp3) is 0.500. The van der Waals surface area contributed by atoms with Crippen LogP contribution in [0.5, 0.6) is 0 Å². The molecule has 1 aromatic heterocycles. The van der Waals surface area contributed by atoms with E-state index in [2.05, 4.69) is 4.98 Å². The first-order valence-electron chi connectivity index (χ1n) is 6.38. The zero-order chi connectivity index (χ0) is 14.3. The fourth-order valence-corrected chi connectivity index (χ4v) is 1.87. The molecule has 0 unspecified atom stereocenters. The molecule has 0 aromatic carbocycles. The van der Waals surface area contributed by atoms with Gasteiger partial charge >= 0.3 is 7.12 Å². The van der Waals surface area contributed by atoms with Crippen molar-refractivity contribution in [3.63, 3.8) is 0 Å². The first kappa shape index (κ1) is 14.2. The van der Waals surface area contributed by atoms with Crippen molar-refractivity contribution in [1.82, 2.24) is 4.98 Å². The molecule has 1 aliphatic heterocycles. The smallest absolute Gasteiger partial charge is 0.400 e. The number of aromatic nitrogens is 1. The van der Waals surface area contributed by atoms with Crippen LogP contribution in [-0.4, -0.2) is 23.3 Å². The quantitative estimate of drug-likeness (QED) is 0.606. The van der Waals surface area contributed by atoms with Crippen LogP contribution >= 0.6 is 0 Å². The highest BCUT2D eigenvalue weighted by atomic mass is 19.1. The van der Waals surface area contributed by atoms with E-state index in [4.69, 9.17) is 9.31 Å². The molecule has 0 bridgehead atoms. The lowest BCUT2D eigenvalue weighted by atomic mass is 9.89. The average molecular weight is 263 g/mol. The van der Waals surface area contributed by atoms with E-state index in [-0.39, 0.29) is 11.2 Å². The van der Waals surface area contributed by atoms with Crippen LogP contribution in [0, 0.1) is 12.9 Å². The van der Waals surface area contributed by atoms with Crippen molar-refractivity contribution in [2.24, 2.45) is 0 Å². The molecule has 0 N–H and O–H groups in total. The van der Waals surface area contributed by atoms with Crippen LogP contribution in [0.25, 0.3) is 6.08 Å². The second kappa shape index (κ2) is 4.73. The molecule has 0 saturated carbocycles. The van der Waals surface area contributed by atoms with Crippen LogP contribution in [0.15, 0.2) is 18.1 Å². The van der Waals surface area contributed by atoms with Crippen LogP contribution in [0.4, 0.5) is 4.39 Å². The molecule has 1 saturated heterocycles. The Morgan fingerprint density at radius 1 is 1.16 bits per heavy atom. The summed E-state index contributed by atoms with van der Waals surface area (Å²) < 4.78 is 24.6. The molecule has 1 fully saturated rings. The van der Waals surface area contributed by atoms with Crippen LogP contribution in [0.3, 0.4) is 0 Å². The van der Waals surface area contributed by atoms with Crippen molar-refractivity contribution in [3.05, 3.63) is 35.3 Å². The second-order valence-electron chi connectivity index (χ2n) is 5.79. The Balaban J connectivity index is 2.13. The molecule has 3 nitrogen and oxygen atoms in total. The van der Waals surface area contributed by atoms with Gasteiger partial charge in [0.25, 0.3) is 0 Å². The van der Waals surface area contributed by atoms with Crippen LogP contribution < -0.4 is 0 Å². The van der Waals surface area contributed by atoms with Gasteiger partial charge in [0.15, 0.2) is 0 Å². The third-order valence-electron chi connectivity index (χ3n) is 3.80. The van der Waals surface area contributed by atoms with Crippen molar-refractivity contribution in [1.29, 1.82) is 0 Å². The Hall–Kier alpha value is -1.20. The normalized spacial score (nSPS) is 21.3. The summed E-state index contributed by atoms with van der Waals surface area (Å²) in [6.45, 7) is 9.79. The topological polar surface area (TPSA) is 31.4 Å². The summed E-state index contributed by atoms with van der Waals surface area (Å²) in [6.07, 6.45) is 1.85. The standard InChI is InChI=1S/C14H19BFNO2/c1-10-11(6-7-12(16)17-10)8-9-15-18-13(2,3)14(4,5)19-15/h6-9H,1-5H3/b9-8+. The summed E-state index contributed by atoms with van der Waals surface area (Å²) in [6, 6.07) is 3.04. The lowest BCUT2D eigenvalue weighted by molar-refractivity contribution is 0.00578. The van der Waals surface area contributed by atoms with Gasteiger partial charge in [0, 0.05) is 5.69 Å². The van der Waals surface area contributed by atoms with E-state index in [0.717, 1.165) is 5.56 Å². The molecule has 1 aliphatic rings. The van der Waals surface area contributed by atoms with Crippen molar-refractivity contribution in [3.8, 4) is 0 Å². The largest absolute Gasteiger partial charge is 0.487 e. The molecule has 2 rings (SSSR count). The predicted molar refractivity (Wildman–Crippen MR) is 74.0 cm³/mol. The van der Waals surface area contributed by atoms with E-state index >= 15 is 0 Å². The van der Waals surface area contributed by atoms with Gasteiger partial charge in [-0.3, -0.25) is 0 Å². The molecule has 2 heterocycles. The SMILES string of the molecule is Cc1nc(F)ccc1/C=C/B1OC(C)(C)C(C)(C)O1. The van der Waals surface area contributed by atoms with Gasteiger partial charge in [-0.1, -0.05) is 12.1 Å². The van der Waals surface area contributed by atoms with Crippen LogP contribution in [0.1, 0.15) is 39.0 Å². The highest BCUT2D eigenvalue weighted by Crippen LogP contribution is 2.37. The summed E-state index contributed by atoms with van der Waals surface area (Å²) in [5.74, 6) is 1.36. The van der Waals surface area contributed by atoms with Crippen molar-refractivity contribution >= 4 is 13.2 Å². The molecule has 0 amide bonds. The third-order valence-corrected chi connectivity index (χ3v) is 3.80. The number of rotatable bonds is 2. The number of nitrogens with zero attached hydrogens (tertiary/aromatic N) is 1. The molecule has 5 heteroatoms. The molecule has 0 radical (unpaired) electrons. The Morgan fingerprint density at radius 3 is 2.26 bits per heavy atom. The molecule has 102 valence electrons. The van der Waals surface area contributed by atoms with Gasteiger partial charge in [-0.05, 0) is 52.3 Å². The van der Waals surface area contributed by atoms with Gasteiger partial charge < -0.3 is 9.31 Å². The molecular weight excluding hydrogens is 244 g/mol. The second-order valence-corrected chi connectivity index (χ2v) is 5.79. The van der Waals surface area contributed by atoms with E-state index in [0.29, 0.717) is 5.69 Å². The minimum absolute atomic E-state index is 0.349. The van der Waals surface area contributed by atoms with Crippen LogP contribution in [0.2, 0.25) is 0 Å². The Kier molecular flexibility index (Phi) is 3.54. The highest BCUT2D eigenvalue weighted by molar-refractivity contribution is 6.52. The molecule has 19 heavy (non-hydrogen) atoms. The van der Waals surface area contributed by atoms with E-state index in [1.807, 2.05) is 39.7 Å². The van der Waals surface area contributed by atoms with Crippen LogP contribution in [-0.2, 0) is 9.31 Å². The highest BCUT2D eigenvalue weighted by Gasteiger charge is 2.49. The Morgan fingerprint density at radius 2 is 1.74 bits per heavy atom. The maximum Gasteiger partial charge on any atom is 0.487 e. The van der Waals surface area contributed by atoms with Crippen molar-refractivity contribution < 1.29 is 13.7 Å². The number of pyridine rings is 1. The molecule has 0 aliphatic carbocycles. The van der Waals surface area contributed by atoms with E-state index < -0.39 is 13.1 Å². The first-order valence-corrected chi connectivity index (χ1v) is 6.38. The fourth-order valence-electron chi connectivity index (χ4n) is 1.87. The van der Waals surface area contributed by atoms with Crippen molar-refractivity contribution in [2.45, 2.75) is 45.8 Å².